The van der Waals surface area contributed by atoms with Crippen LogP contribution in [-0.2, 0) is 0 Å². The zero-order valence-corrected chi connectivity index (χ0v) is 19.4. The molecule has 0 aliphatic rings. The molecule has 0 fully saturated rings. The van der Waals surface area contributed by atoms with Crippen LogP contribution < -0.4 is 0 Å². The molecule has 4 nitrogen and oxygen atoms in total. The number of para-hydroxylation sites is 2. The summed E-state index contributed by atoms with van der Waals surface area (Å²) in [6.07, 6.45) is 0. The molecule has 0 aliphatic carbocycles. The van der Waals surface area contributed by atoms with Crippen molar-refractivity contribution < 1.29 is 8.81 Å². The molecule has 0 unspecified atom stereocenters. The van der Waals surface area contributed by atoms with Gasteiger partial charge in [-0.25, -0.2) is 9.37 Å². The molecule has 0 aliphatic heterocycles. The lowest BCUT2D eigenvalue weighted by molar-refractivity contribution is 0.634. The number of nitrogens with zero attached hydrogens (tertiary/aromatic N) is 3. The molecule has 7 rings (SSSR count). The van der Waals surface area contributed by atoms with E-state index in [0.717, 1.165) is 44.6 Å². The maximum absolute atomic E-state index is 15.1. The molecule has 3 aromatic heterocycles. The van der Waals surface area contributed by atoms with Crippen molar-refractivity contribution in [2.45, 2.75) is 6.92 Å². The van der Waals surface area contributed by atoms with E-state index in [0.29, 0.717) is 22.4 Å². The molecule has 0 atom stereocenters. The molecule has 36 heavy (non-hydrogen) atoms. The summed E-state index contributed by atoms with van der Waals surface area (Å²) in [5.41, 5.74) is 7.26. The number of rotatable bonds is 3. The van der Waals surface area contributed by atoms with Gasteiger partial charge in [0.25, 0.3) is 0 Å². The normalized spacial score (nSPS) is 11.6. The molecule has 0 radical (unpaired) electrons. The maximum Gasteiger partial charge on any atom is 0.149 e. The molecule has 0 amide bonds. The van der Waals surface area contributed by atoms with E-state index in [4.69, 9.17) is 14.4 Å². The fourth-order valence-corrected chi connectivity index (χ4v) is 5.01. The Hall–Kier alpha value is -4.77. The number of hydrogen-bond acceptors (Lipinski definition) is 3. The van der Waals surface area contributed by atoms with E-state index in [2.05, 4.69) is 4.57 Å². The van der Waals surface area contributed by atoms with Gasteiger partial charge in [0.15, 0.2) is 0 Å². The van der Waals surface area contributed by atoms with Crippen molar-refractivity contribution in [3.05, 3.63) is 115 Å². The molecule has 0 bridgehead atoms. The van der Waals surface area contributed by atoms with Crippen LogP contribution in [0, 0.1) is 12.7 Å². The maximum atomic E-state index is 15.1. The Labute approximate surface area is 206 Å². The van der Waals surface area contributed by atoms with E-state index in [1.165, 1.54) is 6.07 Å². The fourth-order valence-electron chi connectivity index (χ4n) is 5.01. The first-order chi connectivity index (χ1) is 17.7. The van der Waals surface area contributed by atoms with Gasteiger partial charge in [-0.3, -0.25) is 9.55 Å². The minimum Gasteiger partial charge on any atom is -0.455 e. The van der Waals surface area contributed by atoms with Gasteiger partial charge < -0.3 is 4.42 Å². The topological polar surface area (TPSA) is 43.9 Å². The molecule has 0 N–H and O–H groups in total. The summed E-state index contributed by atoms with van der Waals surface area (Å²) in [6, 6.07) is 32.9. The van der Waals surface area contributed by atoms with Crippen LogP contribution in [0.2, 0.25) is 0 Å². The number of imidazole rings is 1. The first-order valence-corrected chi connectivity index (χ1v) is 11.8. The highest BCUT2D eigenvalue weighted by molar-refractivity contribution is 6.10. The monoisotopic (exact) mass is 469 g/mol. The number of hydrogen-bond donors (Lipinski definition) is 0. The largest absolute Gasteiger partial charge is 0.455 e. The number of aromatic nitrogens is 3. The van der Waals surface area contributed by atoms with Gasteiger partial charge in [-0.15, -0.1) is 0 Å². The summed E-state index contributed by atoms with van der Waals surface area (Å²) in [6.45, 7) is 2.00. The summed E-state index contributed by atoms with van der Waals surface area (Å²) >= 11 is 0. The fraction of sp³-hybridized carbons (Fsp3) is 0.0323. The molecule has 172 valence electrons. The summed E-state index contributed by atoms with van der Waals surface area (Å²) in [4.78, 5) is 10.0. The number of pyridine rings is 1. The van der Waals surface area contributed by atoms with Gasteiger partial charge in [0.05, 0.1) is 33.4 Å². The molecule has 0 saturated carbocycles. The predicted octanol–water partition coefficient (Wildman–Crippen LogP) is 8.10. The molecule has 0 spiro atoms. The Morgan fingerprint density at radius 3 is 2.31 bits per heavy atom. The van der Waals surface area contributed by atoms with Gasteiger partial charge in [-0.1, -0.05) is 66.7 Å². The zero-order chi connectivity index (χ0) is 24.2. The average molecular weight is 470 g/mol. The number of furan rings is 1. The van der Waals surface area contributed by atoms with Crippen molar-refractivity contribution in [2.24, 2.45) is 0 Å². The second kappa shape index (κ2) is 7.89. The van der Waals surface area contributed by atoms with Gasteiger partial charge in [0, 0.05) is 16.6 Å². The highest BCUT2D eigenvalue weighted by atomic mass is 19.1. The molecule has 5 heteroatoms. The van der Waals surface area contributed by atoms with E-state index in [1.807, 2.05) is 97.9 Å². The third-order valence-corrected chi connectivity index (χ3v) is 6.61. The average Bonchev–Trinajstić information content (AvgIpc) is 3.50. The second-order valence-electron chi connectivity index (χ2n) is 8.83. The quantitative estimate of drug-likeness (QED) is 0.263. The minimum absolute atomic E-state index is 0.315. The number of halogens is 1. The van der Waals surface area contributed by atoms with E-state index in [1.54, 1.807) is 6.07 Å². The Kier molecular flexibility index (Phi) is 4.51. The Balaban J connectivity index is 1.59. The first-order valence-electron chi connectivity index (χ1n) is 11.8. The van der Waals surface area contributed by atoms with Gasteiger partial charge in [-0.05, 0) is 43.3 Å². The lowest BCUT2D eigenvalue weighted by Gasteiger charge is -2.11. The van der Waals surface area contributed by atoms with Crippen LogP contribution in [0.5, 0.6) is 0 Å². The SMILES string of the molecule is Cc1nc(-c2ccccc2)cc2nc(-c3ccc(F)c4c3oc3ccccc34)n(-c3ccccc3)c12. The van der Waals surface area contributed by atoms with Crippen molar-refractivity contribution in [1.82, 2.24) is 14.5 Å². The Morgan fingerprint density at radius 2 is 1.50 bits per heavy atom. The third kappa shape index (κ3) is 3.06. The van der Waals surface area contributed by atoms with Crippen molar-refractivity contribution >= 4 is 33.0 Å². The summed E-state index contributed by atoms with van der Waals surface area (Å²) in [5.74, 6) is 0.362. The molecular weight excluding hydrogens is 449 g/mol. The van der Waals surface area contributed by atoms with E-state index >= 15 is 4.39 Å². The van der Waals surface area contributed by atoms with Crippen LogP contribution in [0.1, 0.15) is 5.69 Å². The summed E-state index contributed by atoms with van der Waals surface area (Å²) in [5, 5.41) is 1.22. The van der Waals surface area contributed by atoms with Crippen molar-refractivity contribution in [3.8, 4) is 28.3 Å². The lowest BCUT2D eigenvalue weighted by Crippen LogP contribution is -2.00. The lowest BCUT2D eigenvalue weighted by atomic mass is 10.1. The van der Waals surface area contributed by atoms with Crippen molar-refractivity contribution in [3.63, 3.8) is 0 Å². The van der Waals surface area contributed by atoms with E-state index in [9.17, 15) is 0 Å². The first kappa shape index (κ1) is 20.6. The van der Waals surface area contributed by atoms with Gasteiger partial charge >= 0.3 is 0 Å². The minimum atomic E-state index is -0.315. The molecular formula is C31H20FN3O. The molecule has 7 aromatic rings. The Bertz CT molecular complexity index is 1900. The van der Waals surface area contributed by atoms with Crippen LogP contribution in [0.25, 0.3) is 61.3 Å². The summed E-state index contributed by atoms with van der Waals surface area (Å²) < 4.78 is 23.4. The van der Waals surface area contributed by atoms with Crippen molar-refractivity contribution in [1.29, 1.82) is 0 Å². The highest BCUT2D eigenvalue weighted by Gasteiger charge is 2.23. The zero-order valence-electron chi connectivity index (χ0n) is 19.4. The van der Waals surface area contributed by atoms with Gasteiger partial charge in [0.2, 0.25) is 0 Å². The number of fused-ring (bicyclic) bond motifs is 4. The predicted molar refractivity (Wildman–Crippen MR) is 142 cm³/mol. The second-order valence-corrected chi connectivity index (χ2v) is 8.83. The third-order valence-electron chi connectivity index (χ3n) is 6.61. The summed E-state index contributed by atoms with van der Waals surface area (Å²) in [7, 11) is 0. The van der Waals surface area contributed by atoms with Crippen LogP contribution in [0.3, 0.4) is 0 Å². The molecule has 3 heterocycles. The van der Waals surface area contributed by atoms with Crippen LogP contribution >= 0.6 is 0 Å². The standard InChI is InChI=1S/C31H20FN3O/c1-19-29-26(18-25(33-19)20-10-4-2-5-11-20)34-31(35(29)21-12-6-3-7-13-21)23-16-17-24(32)28-22-14-8-9-15-27(22)36-30(23)28/h2-18H,1H3. The van der Waals surface area contributed by atoms with Crippen molar-refractivity contribution in [2.75, 3.05) is 0 Å². The van der Waals surface area contributed by atoms with Gasteiger partial charge in [0.1, 0.15) is 22.8 Å². The highest BCUT2D eigenvalue weighted by Crippen LogP contribution is 2.39. The number of benzene rings is 4. The van der Waals surface area contributed by atoms with Crippen LogP contribution in [0.15, 0.2) is 108 Å². The van der Waals surface area contributed by atoms with Crippen LogP contribution in [-0.4, -0.2) is 14.5 Å². The van der Waals surface area contributed by atoms with Crippen LogP contribution in [0.4, 0.5) is 4.39 Å². The Morgan fingerprint density at radius 1 is 0.778 bits per heavy atom. The van der Waals surface area contributed by atoms with E-state index < -0.39 is 0 Å². The van der Waals surface area contributed by atoms with E-state index in [-0.39, 0.29) is 5.82 Å². The van der Waals surface area contributed by atoms with Gasteiger partial charge in [-0.2, -0.15) is 0 Å². The molecule has 0 saturated heterocycles. The number of aryl methyl sites for hydroxylation is 1. The smallest absolute Gasteiger partial charge is 0.149 e. The molecule has 4 aromatic carbocycles.